The van der Waals surface area contributed by atoms with Crippen LogP contribution in [0.25, 0.3) is 0 Å². The van der Waals surface area contributed by atoms with Gasteiger partial charge in [-0.25, -0.2) is 0 Å². The maximum Gasteiger partial charge on any atom is 0.253 e. The van der Waals surface area contributed by atoms with Crippen LogP contribution in [0, 0.1) is 5.92 Å². The Kier molecular flexibility index (Phi) is 9.06. The molecule has 3 aromatic rings. The molecule has 0 atom stereocenters. The molecule has 1 saturated heterocycles. The van der Waals surface area contributed by atoms with E-state index in [1.807, 2.05) is 62.4 Å². The molecule has 2 amide bonds. The number of hydrogen-bond donors (Lipinski definition) is 2. The number of rotatable bonds is 9. The van der Waals surface area contributed by atoms with Crippen molar-refractivity contribution in [3.8, 4) is 0 Å². The molecule has 2 N–H and O–H groups in total. The van der Waals surface area contributed by atoms with Gasteiger partial charge < -0.3 is 15.5 Å². The lowest BCUT2D eigenvalue weighted by molar-refractivity contribution is -0.113. The normalized spacial score (nSPS) is 14.0. The minimum absolute atomic E-state index is 0.0301. The number of hydrogen-bond acceptors (Lipinski definition) is 4. The number of nitrogens with one attached hydrogen (secondary N) is 2. The lowest BCUT2D eigenvalue weighted by atomic mass is 9.89. The molecule has 188 valence electrons. The summed E-state index contributed by atoms with van der Waals surface area (Å²) in [5.74, 6) is 0.765. The van der Waals surface area contributed by atoms with Crippen LogP contribution in [0.2, 0.25) is 0 Å². The van der Waals surface area contributed by atoms with Gasteiger partial charge in [-0.1, -0.05) is 48.5 Å². The average Bonchev–Trinajstić information content (AvgIpc) is 2.89. The van der Waals surface area contributed by atoms with Gasteiger partial charge in [-0.3, -0.25) is 9.59 Å². The Bertz CT molecular complexity index is 1140. The maximum absolute atomic E-state index is 13.1. The minimum atomic E-state index is -0.110. The molecular weight excluding hydrogens is 466 g/mol. The second kappa shape index (κ2) is 12.6. The van der Waals surface area contributed by atoms with Crippen molar-refractivity contribution in [2.75, 3.05) is 29.1 Å². The van der Waals surface area contributed by atoms with Crippen molar-refractivity contribution in [1.29, 1.82) is 0 Å². The molecule has 0 bridgehead atoms. The van der Waals surface area contributed by atoms with Crippen molar-refractivity contribution in [1.82, 2.24) is 5.32 Å². The maximum atomic E-state index is 13.1. The third-order valence-corrected chi connectivity index (χ3v) is 7.39. The zero-order valence-corrected chi connectivity index (χ0v) is 21.9. The van der Waals surface area contributed by atoms with Gasteiger partial charge in [0.05, 0.1) is 11.3 Å². The van der Waals surface area contributed by atoms with E-state index in [1.54, 1.807) is 0 Å². The lowest BCUT2D eigenvalue weighted by Gasteiger charge is -2.35. The number of piperidine rings is 1. The number of thioether (sulfide) groups is 1. The summed E-state index contributed by atoms with van der Waals surface area (Å²) in [6, 6.07) is 26.3. The van der Waals surface area contributed by atoms with E-state index in [0.29, 0.717) is 22.9 Å². The van der Waals surface area contributed by atoms with E-state index >= 15 is 0 Å². The number of anilines is 2. The molecule has 1 aliphatic heterocycles. The number of carbonyl (C=O) groups excluding carboxylic acids is 2. The molecule has 4 rings (SSSR count). The Morgan fingerprint density at radius 2 is 1.61 bits per heavy atom. The molecule has 1 fully saturated rings. The molecule has 0 unspecified atom stereocenters. The van der Waals surface area contributed by atoms with E-state index in [-0.39, 0.29) is 17.9 Å². The van der Waals surface area contributed by atoms with Crippen LogP contribution in [-0.4, -0.2) is 36.7 Å². The van der Waals surface area contributed by atoms with Crippen LogP contribution in [0.5, 0.6) is 0 Å². The second-order valence-electron chi connectivity index (χ2n) is 9.63. The number of nitrogens with zero attached hydrogens (tertiary/aromatic N) is 1. The fourth-order valence-corrected chi connectivity index (χ4v) is 5.32. The van der Waals surface area contributed by atoms with Crippen LogP contribution in [0.3, 0.4) is 0 Å². The van der Waals surface area contributed by atoms with Crippen molar-refractivity contribution in [3.05, 3.63) is 90.0 Å². The molecule has 0 radical (unpaired) electrons. The molecule has 0 saturated carbocycles. The molecule has 0 spiro atoms. The highest BCUT2D eigenvalue weighted by atomic mass is 32.2. The summed E-state index contributed by atoms with van der Waals surface area (Å²) < 4.78 is 0. The van der Waals surface area contributed by atoms with Gasteiger partial charge in [0, 0.05) is 35.4 Å². The Hall–Kier alpha value is -3.25. The monoisotopic (exact) mass is 501 g/mol. The van der Waals surface area contributed by atoms with Gasteiger partial charge in [-0.2, -0.15) is 0 Å². The summed E-state index contributed by atoms with van der Waals surface area (Å²) in [4.78, 5) is 29.1. The summed E-state index contributed by atoms with van der Waals surface area (Å²) in [6.07, 6.45) is 3.28. The highest BCUT2D eigenvalue weighted by Gasteiger charge is 2.24. The SMILES string of the molecule is CC(C)NC(=O)c1cc(NC(=O)CSc2ccccc2)ccc1N1CCC(Cc2ccccc2)CC1. The summed E-state index contributed by atoms with van der Waals surface area (Å²) in [5, 5.41) is 5.99. The zero-order chi connectivity index (χ0) is 25.3. The molecule has 6 heteroatoms. The van der Waals surface area contributed by atoms with E-state index in [9.17, 15) is 9.59 Å². The van der Waals surface area contributed by atoms with Crippen LogP contribution >= 0.6 is 11.8 Å². The van der Waals surface area contributed by atoms with Crippen molar-refractivity contribution in [2.45, 2.75) is 44.0 Å². The third-order valence-electron chi connectivity index (χ3n) is 6.38. The molecule has 0 aromatic heterocycles. The largest absolute Gasteiger partial charge is 0.371 e. The minimum Gasteiger partial charge on any atom is -0.371 e. The van der Waals surface area contributed by atoms with Gasteiger partial charge in [0.25, 0.3) is 5.91 Å². The molecule has 1 aliphatic rings. The first-order valence-electron chi connectivity index (χ1n) is 12.7. The topological polar surface area (TPSA) is 61.4 Å². The van der Waals surface area contributed by atoms with E-state index < -0.39 is 0 Å². The van der Waals surface area contributed by atoms with Crippen LogP contribution in [-0.2, 0) is 11.2 Å². The van der Waals surface area contributed by atoms with Crippen LogP contribution in [0.1, 0.15) is 42.6 Å². The van der Waals surface area contributed by atoms with E-state index in [4.69, 9.17) is 0 Å². The van der Waals surface area contributed by atoms with Gasteiger partial charge in [-0.15, -0.1) is 11.8 Å². The number of carbonyl (C=O) groups is 2. The fourth-order valence-electron chi connectivity index (χ4n) is 4.60. The first-order valence-corrected chi connectivity index (χ1v) is 13.7. The van der Waals surface area contributed by atoms with Gasteiger partial charge in [0.2, 0.25) is 5.91 Å². The Balaban J connectivity index is 1.42. The van der Waals surface area contributed by atoms with Crippen molar-refractivity contribution in [2.24, 2.45) is 5.92 Å². The summed E-state index contributed by atoms with van der Waals surface area (Å²) >= 11 is 1.49. The first-order chi connectivity index (χ1) is 17.5. The highest BCUT2D eigenvalue weighted by molar-refractivity contribution is 8.00. The summed E-state index contributed by atoms with van der Waals surface area (Å²) in [6.45, 7) is 5.75. The van der Waals surface area contributed by atoms with E-state index in [0.717, 1.165) is 42.9 Å². The van der Waals surface area contributed by atoms with Crippen LogP contribution in [0.4, 0.5) is 11.4 Å². The predicted molar refractivity (Wildman–Crippen MR) is 150 cm³/mol. The van der Waals surface area contributed by atoms with Gasteiger partial charge in [0.1, 0.15) is 0 Å². The Morgan fingerprint density at radius 1 is 0.944 bits per heavy atom. The standard InChI is InChI=1S/C30H35N3O2S/c1-22(2)31-30(35)27-20-25(32-29(34)21-36-26-11-7-4-8-12-26)13-14-28(27)33-17-15-24(16-18-33)19-23-9-5-3-6-10-23/h3-14,20,22,24H,15-19,21H2,1-2H3,(H,31,35)(H,32,34). The average molecular weight is 502 g/mol. The first kappa shape index (κ1) is 25.8. The Morgan fingerprint density at radius 3 is 2.28 bits per heavy atom. The summed E-state index contributed by atoms with van der Waals surface area (Å²) in [7, 11) is 0. The molecule has 36 heavy (non-hydrogen) atoms. The van der Waals surface area contributed by atoms with Gasteiger partial charge >= 0.3 is 0 Å². The molecular formula is C30H35N3O2S. The highest BCUT2D eigenvalue weighted by Crippen LogP contribution is 2.30. The van der Waals surface area contributed by atoms with Crippen molar-refractivity contribution in [3.63, 3.8) is 0 Å². The summed E-state index contributed by atoms with van der Waals surface area (Å²) in [5.41, 5.74) is 3.57. The molecule has 3 aromatic carbocycles. The third kappa shape index (κ3) is 7.37. The molecule has 5 nitrogen and oxygen atoms in total. The predicted octanol–water partition coefficient (Wildman–Crippen LogP) is 6.01. The molecule has 0 aliphatic carbocycles. The zero-order valence-electron chi connectivity index (χ0n) is 21.1. The van der Waals surface area contributed by atoms with E-state index in [2.05, 4.69) is 45.9 Å². The second-order valence-corrected chi connectivity index (χ2v) is 10.7. The fraction of sp³-hybridized carbons (Fsp3) is 0.333. The number of benzene rings is 3. The van der Waals surface area contributed by atoms with Crippen molar-refractivity contribution >= 4 is 35.0 Å². The van der Waals surface area contributed by atoms with Gasteiger partial charge in [-0.05, 0) is 74.9 Å². The smallest absolute Gasteiger partial charge is 0.253 e. The van der Waals surface area contributed by atoms with E-state index in [1.165, 1.54) is 17.3 Å². The van der Waals surface area contributed by atoms with Gasteiger partial charge in [0.15, 0.2) is 0 Å². The van der Waals surface area contributed by atoms with Crippen LogP contribution in [0.15, 0.2) is 83.8 Å². The van der Waals surface area contributed by atoms with Crippen molar-refractivity contribution < 1.29 is 9.59 Å². The Labute approximate surface area is 218 Å². The quantitative estimate of drug-likeness (QED) is 0.352. The van der Waals surface area contributed by atoms with Crippen LogP contribution < -0.4 is 15.5 Å². The number of amides is 2. The lowest BCUT2D eigenvalue weighted by Crippen LogP contribution is -2.37. The molecule has 1 heterocycles.